The van der Waals surface area contributed by atoms with E-state index in [9.17, 15) is 14.4 Å². The van der Waals surface area contributed by atoms with Crippen LogP contribution in [0.3, 0.4) is 0 Å². The van der Waals surface area contributed by atoms with Gasteiger partial charge in [-0.25, -0.2) is 9.97 Å². The fourth-order valence-electron chi connectivity index (χ4n) is 6.79. The molecule has 1 fully saturated rings. The number of hydrogen-bond acceptors (Lipinski definition) is 6. The third kappa shape index (κ3) is 8.03. The Morgan fingerprint density at radius 1 is 0.865 bits per heavy atom. The molecule has 2 amide bonds. The van der Waals surface area contributed by atoms with Crippen molar-refractivity contribution in [3.8, 4) is 35.1 Å². The summed E-state index contributed by atoms with van der Waals surface area (Å²) in [4.78, 5) is 55.9. The maximum Gasteiger partial charge on any atom is 0.227 e. The molecule has 1 atom stereocenters. The van der Waals surface area contributed by atoms with E-state index in [1.807, 2.05) is 103 Å². The zero-order chi connectivity index (χ0) is 35.9. The topological polar surface area (TPSA) is 112 Å². The van der Waals surface area contributed by atoms with Gasteiger partial charge in [-0.1, -0.05) is 78.9 Å². The van der Waals surface area contributed by atoms with Crippen LogP contribution >= 0.6 is 0 Å². The van der Waals surface area contributed by atoms with Gasteiger partial charge in [0.15, 0.2) is 11.5 Å². The summed E-state index contributed by atoms with van der Waals surface area (Å²) in [5.41, 5.74) is 5.89. The Labute approximate surface area is 302 Å². The molecule has 9 heteroatoms. The highest BCUT2D eigenvalue weighted by atomic mass is 16.4. The number of amides is 2. The molecule has 0 bridgehead atoms. The van der Waals surface area contributed by atoms with E-state index in [1.165, 1.54) is 0 Å². The monoisotopic (exact) mass is 689 g/mol. The van der Waals surface area contributed by atoms with E-state index in [0.717, 1.165) is 45.3 Å². The Bertz CT molecular complexity index is 2230. The number of carbonyl (C=O) groups excluding carboxylic acids is 3. The molecule has 1 aliphatic rings. The molecular weight excluding hydrogens is 651 g/mol. The second-order valence-electron chi connectivity index (χ2n) is 13.1. The molecule has 1 saturated heterocycles. The van der Waals surface area contributed by atoms with Crippen molar-refractivity contribution in [2.75, 3.05) is 13.1 Å². The first-order valence-electron chi connectivity index (χ1n) is 17.6. The predicted molar refractivity (Wildman–Crippen MR) is 200 cm³/mol. The van der Waals surface area contributed by atoms with Gasteiger partial charge in [0.1, 0.15) is 5.82 Å². The third-order valence-electron chi connectivity index (χ3n) is 9.43. The van der Waals surface area contributed by atoms with Crippen molar-refractivity contribution in [1.82, 2.24) is 24.8 Å². The molecule has 1 unspecified atom stereocenters. The summed E-state index contributed by atoms with van der Waals surface area (Å²) < 4.78 is 6.22. The van der Waals surface area contributed by atoms with E-state index in [4.69, 9.17) is 15.8 Å². The maximum atomic E-state index is 13.5. The summed E-state index contributed by atoms with van der Waals surface area (Å²) in [5, 5.41) is 0. The summed E-state index contributed by atoms with van der Waals surface area (Å²) >= 11 is 0. The van der Waals surface area contributed by atoms with Gasteiger partial charge in [-0.3, -0.25) is 14.4 Å². The number of oxazole rings is 1. The summed E-state index contributed by atoms with van der Waals surface area (Å²) in [6.07, 6.45) is 9.98. The number of ketones is 1. The lowest BCUT2D eigenvalue weighted by molar-refractivity contribution is -0.136. The molecule has 0 spiro atoms. The number of likely N-dealkylation sites (tertiary alicyclic amines) is 1. The minimum absolute atomic E-state index is 0.00879. The fourth-order valence-corrected chi connectivity index (χ4v) is 6.79. The zero-order valence-corrected chi connectivity index (χ0v) is 28.8. The molecule has 6 aromatic rings. The molecular formula is C43H39N5O4. The molecule has 4 aromatic carbocycles. The standard InChI is InChI=1S/C43H39N5O4/c1-2-3-21-47(41(50)25-30-12-6-4-7-13-30)29-40-45-35-20-19-34(27-36(35)46-40)43-44-28-39(52-43)33-17-10-16-32(23-33)24-38(49)37-18-11-22-48(37)42(51)26-31-14-8-5-9-15-31/h1,4-10,12-17,19-20,23,27-28,37H,3,11,18,21-22,24-26,29H2,(H,45,46). The van der Waals surface area contributed by atoms with Gasteiger partial charge in [-0.05, 0) is 53.8 Å². The first-order chi connectivity index (χ1) is 25.4. The SMILES string of the molecule is C#CCCN(Cc1nc2ccc(-c3ncc(-c4cccc(CC(=O)C5CCCN5C(=O)Cc5ccccc5)c4)o3)cc2[nH]1)C(=O)Cc1ccccc1. The normalized spacial score (nSPS) is 14.0. The molecule has 0 radical (unpaired) electrons. The summed E-state index contributed by atoms with van der Waals surface area (Å²) in [6, 6.07) is 32.3. The molecule has 7 rings (SSSR count). The second kappa shape index (κ2) is 15.7. The average molecular weight is 690 g/mol. The van der Waals surface area contributed by atoms with Gasteiger partial charge < -0.3 is 19.2 Å². The molecule has 0 aliphatic carbocycles. The molecule has 9 nitrogen and oxygen atoms in total. The van der Waals surface area contributed by atoms with Gasteiger partial charge in [0.2, 0.25) is 17.7 Å². The molecule has 2 aromatic heterocycles. The van der Waals surface area contributed by atoms with Crippen LogP contribution in [0.1, 0.15) is 41.8 Å². The van der Waals surface area contributed by atoms with Gasteiger partial charge in [0.25, 0.3) is 0 Å². The van der Waals surface area contributed by atoms with Crippen LogP contribution in [-0.2, 0) is 40.2 Å². The van der Waals surface area contributed by atoms with Gasteiger partial charge in [0, 0.05) is 37.1 Å². The number of imidazole rings is 1. The minimum Gasteiger partial charge on any atom is -0.436 e. The smallest absolute Gasteiger partial charge is 0.227 e. The van der Waals surface area contributed by atoms with E-state index >= 15 is 0 Å². The van der Waals surface area contributed by atoms with Gasteiger partial charge in [-0.2, -0.15) is 0 Å². The van der Waals surface area contributed by atoms with Crippen molar-refractivity contribution in [2.45, 2.75) is 51.1 Å². The van der Waals surface area contributed by atoms with Crippen LogP contribution in [0, 0.1) is 12.3 Å². The van der Waals surface area contributed by atoms with Gasteiger partial charge >= 0.3 is 0 Å². The van der Waals surface area contributed by atoms with Crippen LogP contribution in [0.2, 0.25) is 0 Å². The molecule has 1 aliphatic heterocycles. The van der Waals surface area contributed by atoms with Crippen LogP contribution in [-0.4, -0.2) is 61.5 Å². The van der Waals surface area contributed by atoms with Crippen LogP contribution < -0.4 is 0 Å². The Kier molecular flexibility index (Phi) is 10.3. The van der Waals surface area contributed by atoms with E-state index < -0.39 is 6.04 Å². The van der Waals surface area contributed by atoms with Crippen LogP contribution in [0.15, 0.2) is 114 Å². The second-order valence-corrected chi connectivity index (χ2v) is 13.1. The van der Waals surface area contributed by atoms with Gasteiger partial charge in [0.05, 0.1) is 42.7 Å². The largest absolute Gasteiger partial charge is 0.436 e. The van der Waals surface area contributed by atoms with Crippen LogP contribution in [0.5, 0.6) is 0 Å². The number of rotatable bonds is 13. The first-order valence-corrected chi connectivity index (χ1v) is 17.6. The Morgan fingerprint density at radius 3 is 2.38 bits per heavy atom. The predicted octanol–water partition coefficient (Wildman–Crippen LogP) is 6.82. The van der Waals surface area contributed by atoms with E-state index in [2.05, 4.69) is 15.9 Å². The highest BCUT2D eigenvalue weighted by Gasteiger charge is 2.33. The summed E-state index contributed by atoms with van der Waals surface area (Å²) in [6.45, 7) is 1.35. The average Bonchev–Trinajstić information content (AvgIpc) is 3.94. The van der Waals surface area contributed by atoms with Gasteiger partial charge in [-0.15, -0.1) is 12.3 Å². The van der Waals surface area contributed by atoms with Crippen molar-refractivity contribution in [2.24, 2.45) is 0 Å². The summed E-state index contributed by atoms with van der Waals surface area (Å²) in [5.74, 6) is 4.34. The number of fused-ring (bicyclic) bond motifs is 1. The molecule has 52 heavy (non-hydrogen) atoms. The number of benzene rings is 4. The van der Waals surface area contributed by atoms with E-state index in [-0.39, 0.29) is 30.4 Å². The number of aromatic amines is 1. The maximum absolute atomic E-state index is 13.5. The van der Waals surface area contributed by atoms with Crippen molar-refractivity contribution in [3.63, 3.8) is 0 Å². The number of H-pyrrole nitrogens is 1. The Balaban J connectivity index is 1.02. The molecule has 260 valence electrons. The number of hydrogen-bond donors (Lipinski definition) is 1. The quantitative estimate of drug-likeness (QED) is 0.133. The lowest BCUT2D eigenvalue weighted by atomic mass is 9.99. The molecule has 0 saturated carbocycles. The van der Waals surface area contributed by atoms with Crippen molar-refractivity contribution in [1.29, 1.82) is 0 Å². The van der Waals surface area contributed by atoms with Crippen molar-refractivity contribution >= 4 is 28.6 Å². The zero-order valence-electron chi connectivity index (χ0n) is 28.8. The first kappa shape index (κ1) is 34.2. The lowest BCUT2D eigenvalue weighted by Crippen LogP contribution is -2.41. The number of aromatic nitrogens is 3. The third-order valence-corrected chi connectivity index (χ3v) is 9.43. The summed E-state index contributed by atoms with van der Waals surface area (Å²) in [7, 11) is 0. The van der Waals surface area contributed by atoms with E-state index in [0.29, 0.717) is 56.4 Å². The Hall–Kier alpha value is -6.27. The van der Waals surface area contributed by atoms with Crippen molar-refractivity contribution < 1.29 is 18.8 Å². The van der Waals surface area contributed by atoms with E-state index in [1.54, 1.807) is 16.0 Å². The fraction of sp³-hybridized carbons (Fsp3) is 0.233. The highest BCUT2D eigenvalue weighted by molar-refractivity contribution is 5.91. The Morgan fingerprint density at radius 2 is 1.62 bits per heavy atom. The van der Waals surface area contributed by atoms with Crippen LogP contribution in [0.4, 0.5) is 0 Å². The van der Waals surface area contributed by atoms with Crippen molar-refractivity contribution in [3.05, 3.63) is 132 Å². The lowest BCUT2D eigenvalue weighted by Gasteiger charge is -2.24. The number of terminal acetylenes is 1. The minimum atomic E-state index is -0.407. The molecule has 3 heterocycles. The number of nitrogens with zero attached hydrogens (tertiary/aromatic N) is 4. The number of nitrogens with one attached hydrogen (secondary N) is 1. The highest BCUT2D eigenvalue weighted by Crippen LogP contribution is 2.29. The number of carbonyl (C=O) groups is 3. The van der Waals surface area contributed by atoms with Crippen LogP contribution in [0.25, 0.3) is 33.8 Å². The number of Topliss-reactive ketones (excluding diaryl/α,β-unsaturated/α-hetero) is 1. The molecule has 1 N–H and O–H groups in total.